The van der Waals surface area contributed by atoms with Crippen LogP contribution in [0.15, 0.2) is 30.4 Å². The highest BCUT2D eigenvalue weighted by atomic mass is 35.5. The highest BCUT2D eigenvalue weighted by Crippen LogP contribution is 2.31. The molecule has 0 radical (unpaired) electrons. The molecule has 1 fully saturated rings. The summed E-state index contributed by atoms with van der Waals surface area (Å²) in [7, 11) is 0. The average Bonchev–Trinajstić information content (AvgIpc) is 3.11. The first kappa shape index (κ1) is 13.6. The number of halogens is 2. The zero-order chi connectivity index (χ0) is 14.1. The van der Waals surface area contributed by atoms with Crippen molar-refractivity contribution in [2.45, 2.75) is 31.5 Å². The first-order valence-electron chi connectivity index (χ1n) is 6.80. The molecule has 0 spiro atoms. The number of benzene rings is 1. The Kier molecular flexibility index (Phi) is 3.76. The lowest BCUT2D eigenvalue weighted by Gasteiger charge is -2.26. The van der Waals surface area contributed by atoms with Gasteiger partial charge in [-0.25, -0.2) is 4.39 Å². The van der Waals surface area contributed by atoms with Gasteiger partial charge in [-0.1, -0.05) is 29.8 Å². The zero-order valence-corrected chi connectivity index (χ0v) is 11.7. The fourth-order valence-electron chi connectivity index (χ4n) is 2.44. The summed E-state index contributed by atoms with van der Waals surface area (Å²) >= 11 is 6.06. The van der Waals surface area contributed by atoms with Crippen LogP contribution >= 0.6 is 11.6 Å². The molecule has 0 bridgehead atoms. The summed E-state index contributed by atoms with van der Waals surface area (Å²) in [6.45, 7) is 0.941. The van der Waals surface area contributed by atoms with Gasteiger partial charge >= 0.3 is 0 Å². The van der Waals surface area contributed by atoms with Gasteiger partial charge in [-0.15, -0.1) is 0 Å². The Morgan fingerprint density at radius 3 is 2.85 bits per heavy atom. The largest absolute Gasteiger partial charge is 0.334 e. The molecule has 0 saturated heterocycles. The molecule has 3 nitrogen and oxygen atoms in total. The average molecular weight is 295 g/mol. The lowest BCUT2D eigenvalue weighted by atomic mass is 10.1. The monoisotopic (exact) mass is 294 g/mol. The van der Waals surface area contributed by atoms with Gasteiger partial charge in [-0.3, -0.25) is 10.1 Å². The van der Waals surface area contributed by atoms with Gasteiger partial charge in [0.25, 0.3) is 0 Å². The van der Waals surface area contributed by atoms with E-state index in [-0.39, 0.29) is 30.4 Å². The molecule has 1 atom stereocenters. The summed E-state index contributed by atoms with van der Waals surface area (Å²) in [4.78, 5) is 14.2. The second-order valence-corrected chi connectivity index (χ2v) is 5.62. The van der Waals surface area contributed by atoms with Crippen LogP contribution in [0.3, 0.4) is 0 Å². The molecule has 2 aliphatic rings. The van der Waals surface area contributed by atoms with E-state index >= 15 is 0 Å². The van der Waals surface area contributed by atoms with Gasteiger partial charge in [0.2, 0.25) is 5.91 Å². The van der Waals surface area contributed by atoms with Crippen LogP contribution in [0, 0.1) is 5.82 Å². The van der Waals surface area contributed by atoms with Gasteiger partial charge in [0.1, 0.15) is 11.9 Å². The molecule has 1 unspecified atom stereocenters. The number of rotatable bonds is 4. The number of amides is 1. The van der Waals surface area contributed by atoms with Gasteiger partial charge in [-0.05, 0) is 25.0 Å². The Morgan fingerprint density at radius 2 is 2.25 bits per heavy atom. The molecular weight excluding hydrogens is 279 g/mol. The van der Waals surface area contributed by atoms with Crippen molar-refractivity contribution in [2.24, 2.45) is 0 Å². The summed E-state index contributed by atoms with van der Waals surface area (Å²) in [6.07, 6.45) is 5.76. The molecule has 3 rings (SSSR count). The lowest BCUT2D eigenvalue weighted by Crippen LogP contribution is -2.44. The molecule has 20 heavy (non-hydrogen) atoms. The van der Waals surface area contributed by atoms with Gasteiger partial charge in [0.05, 0.1) is 6.54 Å². The van der Waals surface area contributed by atoms with Gasteiger partial charge in [0.15, 0.2) is 0 Å². The molecular formula is C15H16ClFN2O. The minimum atomic E-state index is -0.356. The van der Waals surface area contributed by atoms with Crippen LogP contribution in [0.2, 0.25) is 5.02 Å². The molecule has 1 heterocycles. The molecule has 1 saturated carbocycles. The molecule has 1 N–H and O–H groups in total. The van der Waals surface area contributed by atoms with Crippen LogP contribution in [0.25, 0.3) is 0 Å². The number of hydrogen-bond acceptors (Lipinski definition) is 2. The molecule has 1 aliphatic heterocycles. The van der Waals surface area contributed by atoms with Gasteiger partial charge in [-0.2, -0.15) is 0 Å². The SMILES string of the molecule is O=C(C1C=CCN1)N(Cc1c(F)cccc1Cl)C1CC1. The molecule has 106 valence electrons. The van der Waals surface area contributed by atoms with Gasteiger partial charge < -0.3 is 4.90 Å². The van der Waals surface area contributed by atoms with E-state index in [0.717, 1.165) is 12.8 Å². The van der Waals surface area contributed by atoms with E-state index in [2.05, 4.69) is 5.32 Å². The molecule has 1 aliphatic carbocycles. The second-order valence-electron chi connectivity index (χ2n) is 5.21. The number of carbonyl (C=O) groups excluding carboxylic acids is 1. The molecule has 0 aromatic heterocycles. The predicted octanol–water partition coefficient (Wildman–Crippen LogP) is 2.50. The van der Waals surface area contributed by atoms with Crippen molar-refractivity contribution < 1.29 is 9.18 Å². The maximum absolute atomic E-state index is 13.9. The van der Waals surface area contributed by atoms with Crippen molar-refractivity contribution in [1.82, 2.24) is 10.2 Å². The maximum Gasteiger partial charge on any atom is 0.244 e. The Morgan fingerprint density at radius 1 is 1.45 bits per heavy atom. The Labute approximate surface area is 122 Å². The Hall–Kier alpha value is -1.39. The standard InChI is InChI=1S/C15H16ClFN2O/c16-12-3-1-4-13(17)11(12)9-19(10-6-7-10)15(20)14-5-2-8-18-14/h1-5,10,14,18H,6-9H2. The minimum Gasteiger partial charge on any atom is -0.334 e. The first-order valence-corrected chi connectivity index (χ1v) is 7.18. The minimum absolute atomic E-state index is 0.000528. The van der Waals surface area contributed by atoms with Crippen molar-refractivity contribution in [1.29, 1.82) is 0 Å². The van der Waals surface area contributed by atoms with E-state index in [1.165, 1.54) is 6.07 Å². The van der Waals surface area contributed by atoms with Crippen molar-refractivity contribution in [3.63, 3.8) is 0 Å². The fraction of sp³-hybridized carbons (Fsp3) is 0.400. The van der Waals surface area contributed by atoms with Crippen molar-refractivity contribution in [3.8, 4) is 0 Å². The van der Waals surface area contributed by atoms with E-state index in [1.54, 1.807) is 17.0 Å². The van der Waals surface area contributed by atoms with Crippen molar-refractivity contribution in [3.05, 3.63) is 46.8 Å². The highest BCUT2D eigenvalue weighted by molar-refractivity contribution is 6.31. The van der Waals surface area contributed by atoms with Crippen molar-refractivity contribution >= 4 is 17.5 Å². The van der Waals surface area contributed by atoms with Crippen LogP contribution in [0.5, 0.6) is 0 Å². The van der Waals surface area contributed by atoms with Crippen LogP contribution in [0.1, 0.15) is 18.4 Å². The van der Waals surface area contributed by atoms with Crippen molar-refractivity contribution in [2.75, 3.05) is 6.54 Å². The number of nitrogens with one attached hydrogen (secondary N) is 1. The zero-order valence-electron chi connectivity index (χ0n) is 11.0. The summed E-state index contributed by atoms with van der Waals surface area (Å²) in [5, 5.41) is 3.48. The van der Waals surface area contributed by atoms with E-state index < -0.39 is 0 Å². The number of carbonyl (C=O) groups is 1. The molecule has 1 amide bonds. The molecule has 5 heteroatoms. The normalized spacial score (nSPS) is 21.2. The van der Waals surface area contributed by atoms with Crippen LogP contribution in [-0.4, -0.2) is 29.4 Å². The number of nitrogens with zero attached hydrogens (tertiary/aromatic N) is 1. The molecule has 1 aromatic carbocycles. The quantitative estimate of drug-likeness (QED) is 0.866. The number of hydrogen-bond donors (Lipinski definition) is 1. The van der Waals surface area contributed by atoms with E-state index in [1.807, 2.05) is 12.2 Å². The van der Waals surface area contributed by atoms with E-state index in [0.29, 0.717) is 17.1 Å². The predicted molar refractivity (Wildman–Crippen MR) is 75.9 cm³/mol. The third kappa shape index (κ3) is 2.72. The van der Waals surface area contributed by atoms with Crippen LogP contribution in [0.4, 0.5) is 4.39 Å². The summed E-state index contributed by atoms with van der Waals surface area (Å²) in [6, 6.07) is 4.54. The third-order valence-corrected chi connectivity index (χ3v) is 4.07. The maximum atomic E-state index is 13.9. The van der Waals surface area contributed by atoms with E-state index in [9.17, 15) is 9.18 Å². The van der Waals surface area contributed by atoms with Gasteiger partial charge in [0, 0.05) is 23.2 Å². The van der Waals surface area contributed by atoms with Crippen LogP contribution in [-0.2, 0) is 11.3 Å². The van der Waals surface area contributed by atoms with E-state index in [4.69, 9.17) is 11.6 Å². The Bertz CT molecular complexity index is 537. The summed E-state index contributed by atoms with van der Waals surface area (Å²) < 4.78 is 13.9. The third-order valence-electron chi connectivity index (χ3n) is 3.71. The topological polar surface area (TPSA) is 32.3 Å². The highest BCUT2D eigenvalue weighted by Gasteiger charge is 2.36. The van der Waals surface area contributed by atoms with Crippen LogP contribution < -0.4 is 5.32 Å². The Balaban J connectivity index is 1.81. The smallest absolute Gasteiger partial charge is 0.244 e. The molecule has 1 aromatic rings. The fourth-order valence-corrected chi connectivity index (χ4v) is 2.67. The summed E-state index contributed by atoms with van der Waals surface area (Å²) in [5.74, 6) is -0.355. The first-order chi connectivity index (χ1) is 9.66. The summed E-state index contributed by atoms with van der Waals surface area (Å²) in [5.41, 5.74) is 0.399. The second kappa shape index (κ2) is 5.54. The lowest BCUT2D eigenvalue weighted by molar-refractivity contribution is -0.133.